The maximum absolute atomic E-state index is 5.86. The van der Waals surface area contributed by atoms with Crippen LogP contribution < -0.4 is 0 Å². The second-order valence-corrected chi connectivity index (χ2v) is 4.21. The van der Waals surface area contributed by atoms with Crippen molar-refractivity contribution in [3.8, 4) is 0 Å². The summed E-state index contributed by atoms with van der Waals surface area (Å²) in [6, 6.07) is 0. The van der Waals surface area contributed by atoms with Gasteiger partial charge in [0, 0.05) is 19.6 Å². The van der Waals surface area contributed by atoms with Crippen LogP contribution in [0.15, 0.2) is 0 Å². The Hall–Kier alpha value is 0.210. The van der Waals surface area contributed by atoms with E-state index in [2.05, 4.69) is 13.8 Å². The second-order valence-electron chi connectivity index (χ2n) is 3.91. The summed E-state index contributed by atoms with van der Waals surface area (Å²) in [5.41, 5.74) is 0. The Balaban J connectivity index is 3.25. The number of ether oxygens (including phenoxy) is 2. The van der Waals surface area contributed by atoms with E-state index in [1.165, 1.54) is 0 Å². The summed E-state index contributed by atoms with van der Waals surface area (Å²) in [5, 5.41) is 0. The Bertz CT molecular complexity index is 118. The van der Waals surface area contributed by atoms with E-state index >= 15 is 0 Å². The lowest BCUT2D eigenvalue weighted by atomic mass is 9.93. The number of methoxy groups -OCH3 is 1. The van der Waals surface area contributed by atoms with E-state index in [1.807, 2.05) is 0 Å². The van der Waals surface area contributed by atoms with Crippen LogP contribution in [-0.4, -0.2) is 32.8 Å². The third-order valence-electron chi connectivity index (χ3n) is 2.44. The topological polar surface area (TPSA) is 18.5 Å². The van der Waals surface area contributed by atoms with Crippen molar-refractivity contribution in [1.29, 1.82) is 0 Å². The molecule has 0 aromatic carbocycles. The van der Waals surface area contributed by atoms with Gasteiger partial charge in [0.1, 0.15) is 0 Å². The predicted octanol–water partition coefficient (Wildman–Crippen LogP) is 2.94. The summed E-state index contributed by atoms with van der Waals surface area (Å²) in [4.78, 5) is 0. The molecule has 0 heterocycles. The zero-order valence-electron chi connectivity index (χ0n) is 9.59. The SMILES string of the molecule is COCCOCCCC(CCl)C(C)C. The molecule has 1 atom stereocenters. The van der Waals surface area contributed by atoms with E-state index in [0.29, 0.717) is 25.0 Å². The highest BCUT2D eigenvalue weighted by Crippen LogP contribution is 2.18. The van der Waals surface area contributed by atoms with E-state index < -0.39 is 0 Å². The lowest BCUT2D eigenvalue weighted by molar-refractivity contribution is 0.0668. The molecule has 0 amide bonds. The summed E-state index contributed by atoms with van der Waals surface area (Å²) in [6.45, 7) is 6.65. The zero-order valence-corrected chi connectivity index (χ0v) is 10.3. The number of rotatable bonds is 9. The summed E-state index contributed by atoms with van der Waals surface area (Å²) >= 11 is 5.86. The van der Waals surface area contributed by atoms with Crippen LogP contribution >= 0.6 is 11.6 Å². The van der Waals surface area contributed by atoms with Gasteiger partial charge in [-0.3, -0.25) is 0 Å². The Labute approximate surface area is 92.9 Å². The molecule has 3 heteroatoms. The van der Waals surface area contributed by atoms with E-state index in [9.17, 15) is 0 Å². The van der Waals surface area contributed by atoms with Gasteiger partial charge in [0.15, 0.2) is 0 Å². The van der Waals surface area contributed by atoms with Crippen LogP contribution in [0.3, 0.4) is 0 Å². The van der Waals surface area contributed by atoms with Crippen molar-refractivity contribution < 1.29 is 9.47 Å². The fourth-order valence-electron chi connectivity index (χ4n) is 1.28. The molecule has 0 aromatic heterocycles. The van der Waals surface area contributed by atoms with Crippen molar-refractivity contribution in [2.75, 3.05) is 32.8 Å². The van der Waals surface area contributed by atoms with Gasteiger partial charge in [0.25, 0.3) is 0 Å². The van der Waals surface area contributed by atoms with Gasteiger partial charge in [-0.05, 0) is 24.7 Å². The third kappa shape index (κ3) is 7.60. The van der Waals surface area contributed by atoms with Crippen molar-refractivity contribution in [1.82, 2.24) is 0 Å². The van der Waals surface area contributed by atoms with Crippen molar-refractivity contribution in [2.45, 2.75) is 26.7 Å². The van der Waals surface area contributed by atoms with Gasteiger partial charge >= 0.3 is 0 Å². The molecule has 14 heavy (non-hydrogen) atoms. The first-order valence-corrected chi connectivity index (χ1v) is 5.88. The molecular formula is C11H23ClO2. The quantitative estimate of drug-likeness (QED) is 0.441. The fourth-order valence-corrected chi connectivity index (χ4v) is 1.79. The maximum Gasteiger partial charge on any atom is 0.0700 e. The summed E-state index contributed by atoms with van der Waals surface area (Å²) < 4.78 is 10.3. The average Bonchev–Trinajstić information content (AvgIpc) is 2.16. The lowest BCUT2D eigenvalue weighted by Gasteiger charge is -2.17. The number of hydrogen-bond donors (Lipinski definition) is 0. The molecule has 0 spiro atoms. The van der Waals surface area contributed by atoms with Crippen molar-refractivity contribution in [3.63, 3.8) is 0 Å². The van der Waals surface area contributed by atoms with Crippen LogP contribution in [0.5, 0.6) is 0 Å². The Morgan fingerprint density at radius 2 is 1.86 bits per heavy atom. The number of hydrogen-bond acceptors (Lipinski definition) is 2. The van der Waals surface area contributed by atoms with E-state index in [4.69, 9.17) is 21.1 Å². The van der Waals surface area contributed by atoms with Gasteiger partial charge in [-0.2, -0.15) is 0 Å². The van der Waals surface area contributed by atoms with Crippen LogP contribution in [0.4, 0.5) is 0 Å². The molecule has 1 unspecified atom stereocenters. The molecular weight excluding hydrogens is 200 g/mol. The first-order chi connectivity index (χ1) is 6.72. The first kappa shape index (κ1) is 14.2. The molecule has 0 aliphatic heterocycles. The standard InChI is InChI=1S/C11H23ClO2/c1-10(2)11(9-12)5-4-6-14-8-7-13-3/h10-11H,4-9H2,1-3H3. The largest absolute Gasteiger partial charge is 0.382 e. The van der Waals surface area contributed by atoms with Crippen LogP contribution in [0.2, 0.25) is 0 Å². The molecule has 0 saturated heterocycles. The minimum atomic E-state index is 0.627. The average molecular weight is 223 g/mol. The summed E-state index contributed by atoms with van der Waals surface area (Å²) in [5.74, 6) is 2.06. The highest BCUT2D eigenvalue weighted by atomic mass is 35.5. The molecule has 0 bridgehead atoms. The molecule has 0 aliphatic rings. The van der Waals surface area contributed by atoms with Gasteiger partial charge in [-0.25, -0.2) is 0 Å². The molecule has 0 saturated carbocycles. The molecule has 0 radical (unpaired) electrons. The summed E-state index contributed by atoms with van der Waals surface area (Å²) in [6.07, 6.45) is 2.26. The van der Waals surface area contributed by atoms with E-state index in [0.717, 1.165) is 25.3 Å². The van der Waals surface area contributed by atoms with Crippen molar-refractivity contribution in [3.05, 3.63) is 0 Å². The molecule has 0 aromatic rings. The van der Waals surface area contributed by atoms with Gasteiger partial charge < -0.3 is 9.47 Å². The second kappa shape index (κ2) is 9.75. The van der Waals surface area contributed by atoms with E-state index in [1.54, 1.807) is 7.11 Å². The van der Waals surface area contributed by atoms with Crippen LogP contribution in [0, 0.1) is 11.8 Å². The minimum Gasteiger partial charge on any atom is -0.382 e. The van der Waals surface area contributed by atoms with Crippen molar-refractivity contribution >= 4 is 11.6 Å². The molecule has 0 N–H and O–H groups in total. The normalized spacial score (nSPS) is 13.5. The smallest absolute Gasteiger partial charge is 0.0700 e. The Morgan fingerprint density at radius 1 is 1.14 bits per heavy atom. The highest BCUT2D eigenvalue weighted by molar-refractivity contribution is 6.18. The monoisotopic (exact) mass is 222 g/mol. The van der Waals surface area contributed by atoms with Crippen LogP contribution in [-0.2, 0) is 9.47 Å². The minimum absolute atomic E-state index is 0.627. The molecule has 0 rings (SSSR count). The number of halogens is 1. The van der Waals surface area contributed by atoms with E-state index in [-0.39, 0.29) is 0 Å². The molecule has 0 aliphatic carbocycles. The van der Waals surface area contributed by atoms with Gasteiger partial charge in [0.05, 0.1) is 13.2 Å². The van der Waals surface area contributed by atoms with Gasteiger partial charge in [-0.1, -0.05) is 13.8 Å². The van der Waals surface area contributed by atoms with Crippen LogP contribution in [0.1, 0.15) is 26.7 Å². The molecule has 86 valence electrons. The third-order valence-corrected chi connectivity index (χ3v) is 2.83. The molecule has 2 nitrogen and oxygen atoms in total. The lowest BCUT2D eigenvalue weighted by Crippen LogP contribution is -2.12. The highest BCUT2D eigenvalue weighted by Gasteiger charge is 2.10. The predicted molar refractivity (Wildman–Crippen MR) is 61.0 cm³/mol. The number of alkyl halides is 1. The molecule has 0 fully saturated rings. The Morgan fingerprint density at radius 3 is 2.36 bits per heavy atom. The van der Waals surface area contributed by atoms with Gasteiger partial charge in [-0.15, -0.1) is 11.6 Å². The van der Waals surface area contributed by atoms with Crippen LogP contribution in [0.25, 0.3) is 0 Å². The maximum atomic E-state index is 5.86. The van der Waals surface area contributed by atoms with Crippen molar-refractivity contribution in [2.24, 2.45) is 11.8 Å². The zero-order chi connectivity index (χ0) is 10.8. The fraction of sp³-hybridized carbons (Fsp3) is 1.00. The van der Waals surface area contributed by atoms with Gasteiger partial charge in [0.2, 0.25) is 0 Å². The summed E-state index contributed by atoms with van der Waals surface area (Å²) in [7, 11) is 1.69. The first-order valence-electron chi connectivity index (χ1n) is 5.35. The Kier molecular flexibility index (Phi) is 9.90.